The molecule has 2 aromatic rings. The first kappa shape index (κ1) is 21.5. The van der Waals surface area contributed by atoms with Crippen molar-refractivity contribution in [3.63, 3.8) is 0 Å². The van der Waals surface area contributed by atoms with Crippen LogP contribution in [0.4, 0.5) is 10.6 Å². The van der Waals surface area contributed by atoms with E-state index in [1.807, 2.05) is 4.68 Å². The molecule has 1 aliphatic carbocycles. The van der Waals surface area contributed by atoms with Gasteiger partial charge in [0.25, 0.3) is 0 Å². The number of nitrogens with zero attached hydrogens (tertiary/aromatic N) is 5. The average molecular weight is 402 g/mol. The lowest BCUT2D eigenvalue weighted by Crippen LogP contribution is -2.37. The number of fused-ring (bicyclic) bond motifs is 1. The van der Waals surface area contributed by atoms with E-state index in [1.54, 1.807) is 6.20 Å². The Kier molecular flexibility index (Phi) is 7.41. The van der Waals surface area contributed by atoms with Crippen molar-refractivity contribution in [1.29, 1.82) is 0 Å². The number of nitrogens with one attached hydrogen (secondary N) is 2. The molecule has 3 rings (SSSR count). The van der Waals surface area contributed by atoms with Crippen LogP contribution in [-0.4, -0.2) is 55.3 Å². The number of urea groups is 1. The fraction of sp³-hybridized carbons (Fsp3) is 0.714. The second-order valence-corrected chi connectivity index (χ2v) is 8.54. The first-order valence-electron chi connectivity index (χ1n) is 11.0. The Hall–Kier alpha value is -2.22. The highest BCUT2D eigenvalue weighted by atomic mass is 16.2. The van der Waals surface area contributed by atoms with Gasteiger partial charge in [0.2, 0.25) is 0 Å². The Morgan fingerprint density at radius 1 is 1.17 bits per heavy atom. The van der Waals surface area contributed by atoms with Gasteiger partial charge in [-0.2, -0.15) is 5.10 Å². The van der Waals surface area contributed by atoms with Gasteiger partial charge in [0.1, 0.15) is 12.1 Å². The van der Waals surface area contributed by atoms with E-state index in [1.165, 1.54) is 19.2 Å². The van der Waals surface area contributed by atoms with Gasteiger partial charge >= 0.3 is 6.03 Å². The van der Waals surface area contributed by atoms with E-state index in [0.717, 1.165) is 49.8 Å². The van der Waals surface area contributed by atoms with Gasteiger partial charge in [-0.3, -0.25) is 10.2 Å². The molecule has 0 bridgehead atoms. The number of carbonyl (C=O) groups excluding carboxylic acids is 1. The van der Waals surface area contributed by atoms with E-state index in [4.69, 9.17) is 0 Å². The zero-order valence-corrected chi connectivity index (χ0v) is 18.2. The minimum atomic E-state index is -0.202. The standard InChI is InChI=1S/C21H35N7O/c1-15(2)27(16(3)4)11-7-8-12-28-20-18(13-24-28)19(22-14-23-20)26-21(29)25-17-9-5-6-10-17/h13-17H,5-12H2,1-4H3,(H2,22,23,25,26,29). The van der Waals surface area contributed by atoms with Crippen molar-refractivity contribution in [2.24, 2.45) is 0 Å². The van der Waals surface area contributed by atoms with E-state index in [9.17, 15) is 4.79 Å². The smallest absolute Gasteiger partial charge is 0.320 e. The number of unbranched alkanes of at least 4 members (excludes halogenated alkanes) is 1. The van der Waals surface area contributed by atoms with Crippen molar-refractivity contribution >= 4 is 22.9 Å². The molecule has 1 aliphatic rings. The van der Waals surface area contributed by atoms with Crippen molar-refractivity contribution in [2.75, 3.05) is 11.9 Å². The van der Waals surface area contributed by atoms with Crippen LogP contribution in [0.1, 0.15) is 66.2 Å². The number of anilines is 1. The van der Waals surface area contributed by atoms with Crippen LogP contribution in [0.3, 0.4) is 0 Å². The molecule has 8 heteroatoms. The summed E-state index contributed by atoms with van der Waals surface area (Å²) >= 11 is 0. The number of carbonyl (C=O) groups is 1. The summed E-state index contributed by atoms with van der Waals surface area (Å²) in [5.74, 6) is 0.516. The van der Waals surface area contributed by atoms with Crippen LogP contribution in [0.2, 0.25) is 0 Å². The Morgan fingerprint density at radius 2 is 1.90 bits per heavy atom. The second-order valence-electron chi connectivity index (χ2n) is 8.54. The predicted molar refractivity (Wildman–Crippen MR) is 116 cm³/mol. The fourth-order valence-corrected chi connectivity index (χ4v) is 4.22. The van der Waals surface area contributed by atoms with Crippen LogP contribution in [0.5, 0.6) is 0 Å². The number of aryl methyl sites for hydroxylation is 1. The summed E-state index contributed by atoms with van der Waals surface area (Å²) in [5.41, 5.74) is 0.765. The molecule has 1 fully saturated rings. The summed E-state index contributed by atoms with van der Waals surface area (Å²) in [7, 11) is 0. The third kappa shape index (κ3) is 5.65. The van der Waals surface area contributed by atoms with Crippen molar-refractivity contribution in [2.45, 2.75) is 90.9 Å². The largest absolute Gasteiger partial charge is 0.335 e. The maximum Gasteiger partial charge on any atom is 0.320 e. The molecule has 160 valence electrons. The molecule has 2 amide bonds. The third-order valence-corrected chi connectivity index (χ3v) is 5.72. The number of rotatable bonds is 9. The minimum Gasteiger partial charge on any atom is -0.335 e. The summed E-state index contributed by atoms with van der Waals surface area (Å²) in [5, 5.41) is 11.2. The number of hydrogen-bond acceptors (Lipinski definition) is 5. The summed E-state index contributed by atoms with van der Waals surface area (Å²) in [6.07, 6.45) is 9.84. The summed E-state index contributed by atoms with van der Waals surface area (Å²) < 4.78 is 1.91. The molecule has 0 saturated heterocycles. The van der Waals surface area contributed by atoms with Crippen LogP contribution in [0.15, 0.2) is 12.5 Å². The van der Waals surface area contributed by atoms with Gasteiger partial charge in [-0.05, 0) is 59.9 Å². The molecule has 0 atom stereocenters. The van der Waals surface area contributed by atoms with Gasteiger partial charge in [0.05, 0.1) is 11.6 Å². The molecule has 0 unspecified atom stereocenters. The summed E-state index contributed by atoms with van der Waals surface area (Å²) in [6.45, 7) is 10.9. The van der Waals surface area contributed by atoms with Crippen molar-refractivity contribution in [1.82, 2.24) is 30.0 Å². The van der Waals surface area contributed by atoms with Gasteiger partial charge in [-0.25, -0.2) is 19.4 Å². The zero-order chi connectivity index (χ0) is 20.8. The monoisotopic (exact) mass is 401 g/mol. The molecule has 1 saturated carbocycles. The first-order valence-corrected chi connectivity index (χ1v) is 11.0. The maximum atomic E-state index is 12.3. The van der Waals surface area contributed by atoms with Gasteiger partial charge in [0.15, 0.2) is 5.65 Å². The lowest BCUT2D eigenvalue weighted by molar-refractivity contribution is 0.171. The number of amides is 2. The Bertz CT molecular complexity index is 787. The molecule has 0 radical (unpaired) electrons. The fourth-order valence-electron chi connectivity index (χ4n) is 4.22. The van der Waals surface area contributed by atoms with Gasteiger partial charge in [-0.1, -0.05) is 12.8 Å². The van der Waals surface area contributed by atoms with Crippen molar-refractivity contribution in [3.8, 4) is 0 Å². The molecule has 0 aliphatic heterocycles. The van der Waals surface area contributed by atoms with E-state index < -0.39 is 0 Å². The Morgan fingerprint density at radius 3 is 2.59 bits per heavy atom. The third-order valence-electron chi connectivity index (χ3n) is 5.72. The van der Waals surface area contributed by atoms with E-state index in [0.29, 0.717) is 17.9 Å². The zero-order valence-electron chi connectivity index (χ0n) is 18.2. The normalized spacial score (nSPS) is 15.1. The Balaban J connectivity index is 1.57. The minimum absolute atomic E-state index is 0.202. The van der Waals surface area contributed by atoms with Crippen LogP contribution in [-0.2, 0) is 6.54 Å². The summed E-state index contributed by atoms with van der Waals surface area (Å²) in [6, 6.07) is 1.17. The van der Waals surface area contributed by atoms with Crippen LogP contribution < -0.4 is 10.6 Å². The lowest BCUT2D eigenvalue weighted by atomic mass is 10.2. The molecule has 29 heavy (non-hydrogen) atoms. The van der Waals surface area contributed by atoms with Crippen molar-refractivity contribution < 1.29 is 4.79 Å². The van der Waals surface area contributed by atoms with Gasteiger partial charge in [-0.15, -0.1) is 0 Å². The van der Waals surface area contributed by atoms with Crippen LogP contribution >= 0.6 is 0 Å². The molecule has 0 aromatic carbocycles. The molecular weight excluding hydrogens is 366 g/mol. The highest BCUT2D eigenvalue weighted by Gasteiger charge is 2.18. The number of aromatic nitrogens is 4. The van der Waals surface area contributed by atoms with Crippen LogP contribution in [0, 0.1) is 0 Å². The predicted octanol–water partition coefficient (Wildman–Crippen LogP) is 3.79. The highest BCUT2D eigenvalue weighted by Crippen LogP contribution is 2.20. The molecule has 2 N–H and O–H groups in total. The first-order chi connectivity index (χ1) is 14.0. The SMILES string of the molecule is CC(C)N(CCCCn1ncc2c(NC(=O)NC3CCCC3)ncnc21)C(C)C. The maximum absolute atomic E-state index is 12.3. The number of hydrogen-bond donors (Lipinski definition) is 2. The topological polar surface area (TPSA) is 88.0 Å². The molecule has 2 heterocycles. The summed E-state index contributed by atoms with van der Waals surface area (Å²) in [4.78, 5) is 23.4. The average Bonchev–Trinajstić information content (AvgIpc) is 3.31. The molecule has 0 spiro atoms. The highest BCUT2D eigenvalue weighted by molar-refractivity contribution is 5.97. The van der Waals surface area contributed by atoms with Gasteiger partial charge < -0.3 is 5.32 Å². The quantitative estimate of drug-likeness (QED) is 0.624. The molecule has 8 nitrogen and oxygen atoms in total. The Labute approximate surface area is 173 Å². The van der Waals surface area contributed by atoms with E-state index in [-0.39, 0.29) is 12.1 Å². The second kappa shape index (κ2) is 10.0. The van der Waals surface area contributed by atoms with E-state index in [2.05, 4.69) is 58.3 Å². The lowest BCUT2D eigenvalue weighted by Gasteiger charge is -2.30. The molecular formula is C21H35N7O. The van der Waals surface area contributed by atoms with Crippen molar-refractivity contribution in [3.05, 3.63) is 12.5 Å². The van der Waals surface area contributed by atoms with Crippen LogP contribution in [0.25, 0.3) is 11.0 Å². The molecule has 2 aromatic heterocycles. The van der Waals surface area contributed by atoms with E-state index >= 15 is 0 Å². The van der Waals surface area contributed by atoms with Gasteiger partial charge in [0, 0.05) is 24.7 Å².